The molecular formula is C28H39N3O5. The fourth-order valence-electron chi connectivity index (χ4n) is 4.45. The highest BCUT2D eigenvalue weighted by molar-refractivity contribution is 5.72. The van der Waals surface area contributed by atoms with Gasteiger partial charge in [-0.25, -0.2) is 4.79 Å². The van der Waals surface area contributed by atoms with E-state index >= 15 is 0 Å². The second kappa shape index (κ2) is 9.52. The van der Waals surface area contributed by atoms with Gasteiger partial charge in [-0.3, -0.25) is 4.79 Å². The van der Waals surface area contributed by atoms with Gasteiger partial charge in [-0.2, -0.15) is 4.98 Å². The summed E-state index contributed by atoms with van der Waals surface area (Å²) in [6, 6.07) is 10.4. The Hall–Kier alpha value is -2.90. The molecule has 0 bridgehead atoms. The largest absolute Gasteiger partial charge is 0.460 e. The van der Waals surface area contributed by atoms with Gasteiger partial charge in [-0.1, -0.05) is 42.4 Å². The summed E-state index contributed by atoms with van der Waals surface area (Å²) in [6.45, 7) is 13.5. The van der Waals surface area contributed by atoms with Gasteiger partial charge in [0.1, 0.15) is 11.2 Å². The van der Waals surface area contributed by atoms with Crippen LogP contribution in [0.25, 0.3) is 0 Å². The van der Waals surface area contributed by atoms with E-state index in [1.807, 2.05) is 64.6 Å². The summed E-state index contributed by atoms with van der Waals surface area (Å²) in [4.78, 5) is 32.2. The highest BCUT2D eigenvalue weighted by Crippen LogP contribution is 2.51. The van der Waals surface area contributed by atoms with Gasteiger partial charge >= 0.3 is 12.1 Å². The molecule has 4 rings (SSSR count). The molecule has 2 aromatic rings. The Morgan fingerprint density at radius 2 is 1.72 bits per heavy atom. The summed E-state index contributed by atoms with van der Waals surface area (Å²) in [5.74, 6) is 0.612. The molecule has 1 aromatic carbocycles. The molecule has 8 heteroatoms. The quantitative estimate of drug-likeness (QED) is 0.450. The van der Waals surface area contributed by atoms with Crippen molar-refractivity contribution in [1.29, 1.82) is 0 Å². The van der Waals surface area contributed by atoms with Crippen molar-refractivity contribution >= 4 is 12.1 Å². The molecule has 0 unspecified atom stereocenters. The van der Waals surface area contributed by atoms with Crippen LogP contribution in [-0.2, 0) is 26.1 Å². The average molecular weight is 498 g/mol. The zero-order valence-corrected chi connectivity index (χ0v) is 22.5. The monoisotopic (exact) mass is 497 g/mol. The minimum Gasteiger partial charge on any atom is -0.460 e. The lowest BCUT2D eigenvalue weighted by Crippen LogP contribution is -2.43. The van der Waals surface area contributed by atoms with E-state index in [1.54, 1.807) is 6.92 Å². The highest BCUT2D eigenvalue weighted by Gasteiger charge is 2.55. The van der Waals surface area contributed by atoms with Crippen molar-refractivity contribution in [2.45, 2.75) is 103 Å². The van der Waals surface area contributed by atoms with Crippen molar-refractivity contribution in [3.8, 4) is 0 Å². The Morgan fingerprint density at radius 1 is 1.08 bits per heavy atom. The smallest absolute Gasteiger partial charge is 0.410 e. The first-order valence-electron chi connectivity index (χ1n) is 12.9. The Labute approximate surface area is 213 Å². The number of rotatable bonds is 8. The lowest BCUT2D eigenvalue weighted by molar-refractivity contribution is -0.159. The minimum absolute atomic E-state index is 0.0817. The van der Waals surface area contributed by atoms with Crippen LogP contribution in [0.1, 0.15) is 90.9 Å². The van der Waals surface area contributed by atoms with Crippen LogP contribution in [0.2, 0.25) is 0 Å². The number of carbonyl (C=O) groups excluding carboxylic acids is 2. The molecule has 2 aliphatic carbocycles. The molecule has 3 atom stereocenters. The van der Waals surface area contributed by atoms with Crippen LogP contribution in [0, 0.1) is 5.92 Å². The minimum atomic E-state index is -0.583. The Morgan fingerprint density at radius 3 is 2.31 bits per heavy atom. The van der Waals surface area contributed by atoms with Gasteiger partial charge in [0, 0.05) is 24.9 Å². The van der Waals surface area contributed by atoms with E-state index in [2.05, 4.69) is 22.3 Å². The fourth-order valence-corrected chi connectivity index (χ4v) is 4.45. The normalized spacial score (nSPS) is 21.4. The van der Waals surface area contributed by atoms with Gasteiger partial charge in [0.15, 0.2) is 5.82 Å². The molecule has 2 aliphatic rings. The maximum Gasteiger partial charge on any atom is 0.410 e. The molecule has 1 aromatic heterocycles. The molecule has 0 radical (unpaired) electrons. The maximum absolute atomic E-state index is 13.3. The van der Waals surface area contributed by atoms with Gasteiger partial charge in [0.05, 0.1) is 11.3 Å². The van der Waals surface area contributed by atoms with Gasteiger partial charge in [0.2, 0.25) is 5.89 Å². The van der Waals surface area contributed by atoms with E-state index in [0.29, 0.717) is 30.6 Å². The second-order valence-electron chi connectivity index (χ2n) is 12.4. The standard InChI is InChI=1S/C28H39N3O5/c1-18(23(32)34-26(2,3)4)15-22-29-24(30-36-22)28(13-14-28)17-31(25(33)35-27(5,6)7)21-16-20(21)19-11-9-8-10-12-19/h8-12,18,20-21H,13-17H2,1-7H3/t18-,20-,21+/m0/s1. The number of hydrogen-bond acceptors (Lipinski definition) is 7. The molecule has 0 aliphatic heterocycles. The maximum atomic E-state index is 13.3. The van der Waals surface area contributed by atoms with E-state index < -0.39 is 17.1 Å². The molecule has 1 amide bonds. The summed E-state index contributed by atoms with van der Waals surface area (Å²) >= 11 is 0. The zero-order valence-electron chi connectivity index (χ0n) is 22.5. The van der Waals surface area contributed by atoms with Crippen LogP contribution < -0.4 is 0 Å². The first kappa shape index (κ1) is 26.2. The SMILES string of the molecule is C[C@@H](Cc1nc(C2(CN(C(=O)OC(C)(C)C)[C@@H]3C[C@H]3c3ccccc3)CC2)no1)C(=O)OC(C)(C)C. The second-order valence-corrected chi connectivity index (χ2v) is 12.4. The average Bonchev–Trinajstić information content (AvgIpc) is 3.68. The van der Waals surface area contributed by atoms with Crippen molar-refractivity contribution in [2.24, 2.45) is 5.92 Å². The first-order valence-corrected chi connectivity index (χ1v) is 12.9. The third-order valence-corrected chi connectivity index (χ3v) is 6.57. The van der Waals surface area contributed by atoms with Crippen LogP contribution in [0.4, 0.5) is 4.79 Å². The van der Waals surface area contributed by atoms with Gasteiger partial charge in [-0.15, -0.1) is 0 Å². The Bertz CT molecular complexity index is 1080. The number of esters is 1. The van der Waals surface area contributed by atoms with Gasteiger partial charge in [-0.05, 0) is 66.4 Å². The third kappa shape index (κ3) is 6.45. The predicted molar refractivity (Wildman–Crippen MR) is 134 cm³/mol. The summed E-state index contributed by atoms with van der Waals surface area (Å²) < 4.78 is 16.8. The van der Waals surface area contributed by atoms with Crippen LogP contribution in [0.15, 0.2) is 34.9 Å². The van der Waals surface area contributed by atoms with E-state index in [4.69, 9.17) is 14.0 Å². The number of nitrogens with zero attached hydrogens (tertiary/aromatic N) is 3. The fraction of sp³-hybridized carbons (Fsp3) is 0.643. The van der Waals surface area contributed by atoms with Crippen molar-refractivity contribution in [3.63, 3.8) is 0 Å². The van der Waals surface area contributed by atoms with Gasteiger partial charge in [0.25, 0.3) is 0 Å². The lowest BCUT2D eigenvalue weighted by atomic mass is 10.0. The van der Waals surface area contributed by atoms with E-state index in [9.17, 15) is 9.59 Å². The lowest BCUT2D eigenvalue weighted by Gasteiger charge is -2.30. The Kier molecular flexibility index (Phi) is 6.92. The summed E-state index contributed by atoms with van der Waals surface area (Å²) in [5, 5.41) is 4.26. The molecule has 2 saturated carbocycles. The Balaban J connectivity index is 1.47. The van der Waals surface area contributed by atoms with Crippen LogP contribution in [-0.4, -0.2) is 50.9 Å². The van der Waals surface area contributed by atoms with E-state index in [1.165, 1.54) is 5.56 Å². The molecule has 8 nitrogen and oxygen atoms in total. The number of amides is 1. The van der Waals surface area contributed by atoms with Crippen molar-refractivity contribution in [2.75, 3.05) is 6.54 Å². The highest BCUT2D eigenvalue weighted by atomic mass is 16.6. The summed E-state index contributed by atoms with van der Waals surface area (Å²) in [5.41, 5.74) is -0.244. The molecule has 0 N–H and O–H groups in total. The van der Waals surface area contributed by atoms with Gasteiger partial charge < -0.3 is 18.9 Å². The van der Waals surface area contributed by atoms with Crippen LogP contribution in [0.5, 0.6) is 0 Å². The van der Waals surface area contributed by atoms with E-state index in [0.717, 1.165) is 19.3 Å². The number of hydrogen-bond donors (Lipinski definition) is 0. The zero-order chi connectivity index (χ0) is 26.3. The molecule has 2 fully saturated rings. The number of benzene rings is 1. The number of ether oxygens (including phenoxy) is 2. The molecule has 196 valence electrons. The molecular weight excluding hydrogens is 458 g/mol. The van der Waals surface area contributed by atoms with Crippen molar-refractivity contribution in [1.82, 2.24) is 15.0 Å². The molecule has 1 heterocycles. The number of carbonyl (C=O) groups is 2. The number of aromatic nitrogens is 2. The van der Waals surface area contributed by atoms with Crippen molar-refractivity contribution < 1.29 is 23.6 Å². The van der Waals surface area contributed by atoms with Crippen LogP contribution in [0.3, 0.4) is 0 Å². The van der Waals surface area contributed by atoms with Crippen LogP contribution >= 0.6 is 0 Å². The molecule has 36 heavy (non-hydrogen) atoms. The first-order chi connectivity index (χ1) is 16.8. The van der Waals surface area contributed by atoms with Crippen molar-refractivity contribution in [3.05, 3.63) is 47.6 Å². The van der Waals surface area contributed by atoms with E-state index in [-0.39, 0.29) is 23.5 Å². The topological polar surface area (TPSA) is 94.8 Å². The molecule has 0 saturated heterocycles. The molecule has 0 spiro atoms. The predicted octanol–water partition coefficient (Wildman–Crippen LogP) is 5.41. The summed E-state index contributed by atoms with van der Waals surface area (Å²) in [6.07, 6.45) is 2.65. The third-order valence-electron chi connectivity index (χ3n) is 6.57. The summed E-state index contributed by atoms with van der Waals surface area (Å²) in [7, 11) is 0.